The van der Waals surface area contributed by atoms with Crippen molar-refractivity contribution in [2.24, 2.45) is 0 Å². The van der Waals surface area contributed by atoms with Crippen molar-refractivity contribution in [3.63, 3.8) is 0 Å². The van der Waals surface area contributed by atoms with E-state index in [1.165, 1.54) is 0 Å². The summed E-state index contributed by atoms with van der Waals surface area (Å²) < 4.78 is 0. The van der Waals surface area contributed by atoms with Crippen LogP contribution in [0.3, 0.4) is 0 Å². The van der Waals surface area contributed by atoms with Crippen LogP contribution in [0.25, 0.3) is 0 Å². The normalized spacial score (nSPS) is 8.11. The van der Waals surface area contributed by atoms with Gasteiger partial charge in [-0.1, -0.05) is 30.3 Å². The fourth-order valence-electron chi connectivity index (χ4n) is 0.583. The van der Waals surface area contributed by atoms with E-state index >= 15 is 0 Å². The van der Waals surface area contributed by atoms with Crippen molar-refractivity contribution < 1.29 is 9.81 Å². The lowest BCUT2D eigenvalue weighted by atomic mass is 10.2. The lowest BCUT2D eigenvalue weighted by Crippen LogP contribution is -1.77. The van der Waals surface area contributed by atoms with Gasteiger partial charge in [0.2, 0.25) is 0 Å². The molecular weight excluding hydrogens is 119 g/mol. The largest absolute Gasteiger partial charge is 0.392 e. The Morgan fingerprint density at radius 3 is 2.00 bits per heavy atom. The van der Waals surface area contributed by atoms with Crippen molar-refractivity contribution in [1.82, 2.24) is 0 Å². The van der Waals surface area contributed by atoms with E-state index in [0.717, 1.165) is 5.56 Å². The van der Waals surface area contributed by atoms with Crippen molar-refractivity contribution in [2.75, 3.05) is 0 Å². The molecule has 0 fully saturated rings. The molecule has 0 spiro atoms. The lowest BCUT2D eigenvalue weighted by molar-refractivity contribution is 0.282. The van der Waals surface area contributed by atoms with Crippen LogP contribution in [0.5, 0.6) is 0 Å². The summed E-state index contributed by atoms with van der Waals surface area (Å²) >= 11 is 0. The maximum Gasteiger partial charge on any atom is 0.0681 e. The molecule has 0 amide bonds. The van der Waals surface area contributed by atoms with Gasteiger partial charge in [-0.15, -0.1) is 0 Å². The third kappa shape index (κ3) is 2.24. The molecule has 1 N–H and O–H groups in total. The quantitative estimate of drug-likeness (QED) is 0.605. The van der Waals surface area contributed by atoms with Crippen molar-refractivity contribution in [1.29, 1.82) is 0 Å². The molecule has 0 bridgehead atoms. The van der Waals surface area contributed by atoms with Gasteiger partial charge in [0.25, 0.3) is 0 Å². The van der Waals surface area contributed by atoms with Gasteiger partial charge in [-0.3, -0.25) is 4.70 Å². The van der Waals surface area contributed by atoms with Crippen LogP contribution in [0.15, 0.2) is 30.3 Å². The average molecular weight is 128 g/mol. The van der Waals surface area contributed by atoms with Gasteiger partial charge in [0, 0.05) is 0 Å². The second-order valence-corrected chi connectivity index (χ2v) is 1.64. The highest BCUT2D eigenvalue weighted by Gasteiger charge is 1.81. The predicted molar refractivity (Wildman–Crippen MR) is 34.9 cm³/mol. The molecule has 9 heavy (non-hydrogen) atoms. The van der Waals surface area contributed by atoms with Crippen LogP contribution < -0.4 is 0 Å². The minimum Gasteiger partial charge on any atom is -0.392 e. The highest BCUT2D eigenvalue weighted by molar-refractivity contribution is 5.12. The molecule has 0 aliphatic rings. The smallest absolute Gasteiger partial charge is 0.0681 e. The molecular formula is C7H9FO. The SMILES string of the molecule is F.OCc1ccccc1. The lowest BCUT2D eigenvalue weighted by Gasteiger charge is -1.89. The zero-order valence-electron chi connectivity index (χ0n) is 4.95. The van der Waals surface area contributed by atoms with E-state index in [-0.39, 0.29) is 11.3 Å². The first-order valence-corrected chi connectivity index (χ1v) is 2.58. The topological polar surface area (TPSA) is 20.2 Å². The van der Waals surface area contributed by atoms with E-state index in [1.54, 1.807) is 0 Å². The Morgan fingerprint density at radius 1 is 1.11 bits per heavy atom. The molecule has 1 aromatic carbocycles. The molecule has 0 unspecified atom stereocenters. The zero-order chi connectivity index (χ0) is 5.82. The number of benzene rings is 1. The van der Waals surface area contributed by atoms with Gasteiger partial charge in [0.15, 0.2) is 0 Å². The molecule has 50 valence electrons. The summed E-state index contributed by atoms with van der Waals surface area (Å²) in [7, 11) is 0. The van der Waals surface area contributed by atoms with Crippen LogP contribution in [0.2, 0.25) is 0 Å². The fraction of sp³-hybridized carbons (Fsp3) is 0.143. The molecule has 0 saturated heterocycles. The summed E-state index contributed by atoms with van der Waals surface area (Å²) in [5.74, 6) is 0. The van der Waals surface area contributed by atoms with Gasteiger partial charge in [-0.2, -0.15) is 0 Å². The summed E-state index contributed by atoms with van der Waals surface area (Å²) in [6, 6.07) is 9.52. The molecule has 0 heterocycles. The zero-order valence-corrected chi connectivity index (χ0v) is 4.95. The van der Waals surface area contributed by atoms with Crippen molar-refractivity contribution >= 4 is 0 Å². The standard InChI is InChI=1S/C7H8O.FH/c8-6-7-4-2-1-3-5-7;/h1-5,8H,6H2;1H. The van der Waals surface area contributed by atoms with E-state index in [2.05, 4.69) is 0 Å². The van der Waals surface area contributed by atoms with Gasteiger partial charge < -0.3 is 5.11 Å². The number of halogens is 1. The summed E-state index contributed by atoms with van der Waals surface area (Å²) in [6.07, 6.45) is 0. The Balaban J connectivity index is 0.000000640. The van der Waals surface area contributed by atoms with E-state index in [0.29, 0.717) is 0 Å². The fourth-order valence-corrected chi connectivity index (χ4v) is 0.583. The highest BCUT2D eigenvalue weighted by atomic mass is 19.0. The van der Waals surface area contributed by atoms with Crippen LogP contribution in [0, 0.1) is 0 Å². The maximum atomic E-state index is 8.54. The summed E-state index contributed by atoms with van der Waals surface area (Å²) in [5, 5.41) is 8.54. The Kier molecular flexibility index (Phi) is 3.64. The van der Waals surface area contributed by atoms with Crippen LogP contribution in [-0.2, 0) is 6.61 Å². The monoisotopic (exact) mass is 128 g/mol. The first-order valence-electron chi connectivity index (χ1n) is 2.58. The molecule has 0 aromatic heterocycles. The van der Waals surface area contributed by atoms with E-state index in [4.69, 9.17) is 5.11 Å². The van der Waals surface area contributed by atoms with Crippen molar-refractivity contribution in [3.05, 3.63) is 35.9 Å². The summed E-state index contributed by atoms with van der Waals surface area (Å²) in [4.78, 5) is 0. The molecule has 1 rings (SSSR count). The Hall–Kier alpha value is -0.890. The maximum absolute atomic E-state index is 8.54. The van der Waals surface area contributed by atoms with Crippen LogP contribution in [-0.4, -0.2) is 5.11 Å². The van der Waals surface area contributed by atoms with Crippen molar-refractivity contribution in [3.8, 4) is 0 Å². The molecule has 0 saturated carbocycles. The Morgan fingerprint density at radius 2 is 1.67 bits per heavy atom. The number of aliphatic hydroxyl groups excluding tert-OH is 1. The van der Waals surface area contributed by atoms with Gasteiger partial charge in [0.1, 0.15) is 0 Å². The summed E-state index contributed by atoms with van der Waals surface area (Å²) in [5.41, 5.74) is 0.965. The second-order valence-electron chi connectivity index (χ2n) is 1.64. The molecule has 0 atom stereocenters. The van der Waals surface area contributed by atoms with Crippen LogP contribution >= 0.6 is 0 Å². The van der Waals surface area contributed by atoms with Crippen molar-refractivity contribution in [2.45, 2.75) is 6.61 Å². The average Bonchev–Trinajstić information content (AvgIpc) is 1.90. The van der Waals surface area contributed by atoms with Gasteiger partial charge >= 0.3 is 0 Å². The molecule has 1 aromatic rings. The Bertz CT molecular complexity index is 150. The van der Waals surface area contributed by atoms with E-state index in [9.17, 15) is 0 Å². The number of rotatable bonds is 1. The third-order valence-corrected chi connectivity index (χ3v) is 1.03. The molecule has 0 radical (unpaired) electrons. The summed E-state index contributed by atoms with van der Waals surface area (Å²) in [6.45, 7) is 0.140. The third-order valence-electron chi connectivity index (χ3n) is 1.03. The highest BCUT2D eigenvalue weighted by Crippen LogP contribution is 1.95. The van der Waals surface area contributed by atoms with Gasteiger partial charge in [0.05, 0.1) is 6.61 Å². The first kappa shape index (κ1) is 8.11. The second kappa shape index (κ2) is 4.04. The van der Waals surface area contributed by atoms with Gasteiger partial charge in [-0.25, -0.2) is 0 Å². The van der Waals surface area contributed by atoms with E-state index in [1.807, 2.05) is 30.3 Å². The van der Waals surface area contributed by atoms with Crippen LogP contribution in [0.4, 0.5) is 4.70 Å². The number of aliphatic hydroxyl groups is 1. The predicted octanol–water partition coefficient (Wildman–Crippen LogP) is 1.33. The number of hydrogen-bond acceptors (Lipinski definition) is 1. The molecule has 1 nitrogen and oxygen atoms in total. The van der Waals surface area contributed by atoms with E-state index < -0.39 is 0 Å². The Labute approximate surface area is 53.3 Å². The minimum atomic E-state index is 0. The molecule has 0 aliphatic carbocycles. The first-order chi connectivity index (χ1) is 3.93. The van der Waals surface area contributed by atoms with Gasteiger partial charge in [-0.05, 0) is 5.56 Å². The minimum absolute atomic E-state index is 0. The van der Waals surface area contributed by atoms with Crippen LogP contribution in [0.1, 0.15) is 5.56 Å². The molecule has 2 heteroatoms. The molecule has 0 aliphatic heterocycles. The number of hydrogen-bond donors (Lipinski definition) is 1.